The summed E-state index contributed by atoms with van der Waals surface area (Å²) >= 11 is 0. The molecule has 0 amide bonds. The minimum absolute atomic E-state index is 0.0622. The third-order valence-corrected chi connectivity index (χ3v) is 3.13. The molecule has 0 aliphatic heterocycles. The van der Waals surface area contributed by atoms with Gasteiger partial charge in [0, 0.05) is 17.6 Å². The summed E-state index contributed by atoms with van der Waals surface area (Å²) in [5.74, 6) is 0.946. The first kappa shape index (κ1) is 11.4. The fourth-order valence-corrected chi connectivity index (χ4v) is 1.98. The molecule has 1 aliphatic carbocycles. The van der Waals surface area contributed by atoms with Gasteiger partial charge in [-0.05, 0) is 44.6 Å². The van der Waals surface area contributed by atoms with Crippen LogP contribution in [0.4, 0.5) is 0 Å². The van der Waals surface area contributed by atoms with Crippen molar-refractivity contribution in [1.29, 1.82) is 0 Å². The van der Waals surface area contributed by atoms with Crippen LogP contribution in [0, 0.1) is 0 Å². The number of ether oxygens (including phenoxy) is 1. The molecule has 2 rings (SSSR count). The van der Waals surface area contributed by atoms with Crippen LogP contribution in [0.5, 0.6) is 5.75 Å². The molecule has 1 fully saturated rings. The molecule has 16 heavy (non-hydrogen) atoms. The first-order valence-corrected chi connectivity index (χ1v) is 5.66. The predicted octanol–water partition coefficient (Wildman–Crippen LogP) is 1.70. The van der Waals surface area contributed by atoms with Crippen LogP contribution in [-0.2, 0) is 12.1 Å². The van der Waals surface area contributed by atoms with Gasteiger partial charge in [-0.25, -0.2) is 0 Å². The molecule has 1 aliphatic rings. The van der Waals surface area contributed by atoms with Crippen molar-refractivity contribution in [2.45, 2.75) is 24.9 Å². The highest BCUT2D eigenvalue weighted by Gasteiger charge is 2.40. The van der Waals surface area contributed by atoms with Crippen LogP contribution in [0.2, 0.25) is 0 Å². The fourth-order valence-electron chi connectivity index (χ4n) is 1.98. The molecule has 88 valence electrons. The fraction of sp³-hybridized carbons (Fsp3) is 0.538. The van der Waals surface area contributed by atoms with Crippen molar-refractivity contribution in [2.75, 3.05) is 21.2 Å². The lowest BCUT2D eigenvalue weighted by Crippen LogP contribution is -2.19. The smallest absolute Gasteiger partial charge is 0.123 e. The zero-order valence-electron chi connectivity index (χ0n) is 10.3. The van der Waals surface area contributed by atoms with Gasteiger partial charge in [0.05, 0.1) is 7.11 Å². The van der Waals surface area contributed by atoms with Crippen LogP contribution in [0.15, 0.2) is 18.2 Å². The molecular weight excluding hydrogens is 200 g/mol. The van der Waals surface area contributed by atoms with Crippen LogP contribution < -0.4 is 10.5 Å². The number of nitrogens with two attached hydrogens (primary N) is 1. The molecule has 0 heterocycles. The highest BCUT2D eigenvalue weighted by Crippen LogP contribution is 2.43. The molecule has 3 heteroatoms. The third kappa shape index (κ3) is 2.20. The van der Waals surface area contributed by atoms with E-state index in [1.54, 1.807) is 7.11 Å². The second kappa shape index (κ2) is 4.07. The molecule has 0 aromatic heterocycles. The van der Waals surface area contributed by atoms with E-state index < -0.39 is 0 Å². The zero-order valence-corrected chi connectivity index (χ0v) is 10.3. The van der Waals surface area contributed by atoms with E-state index in [1.165, 1.54) is 11.1 Å². The van der Waals surface area contributed by atoms with Gasteiger partial charge in [-0.15, -0.1) is 0 Å². The van der Waals surface area contributed by atoms with Gasteiger partial charge in [-0.3, -0.25) is 0 Å². The first-order chi connectivity index (χ1) is 7.55. The van der Waals surface area contributed by atoms with Crippen molar-refractivity contribution in [3.63, 3.8) is 0 Å². The maximum absolute atomic E-state index is 6.20. The molecule has 1 aromatic rings. The van der Waals surface area contributed by atoms with Crippen molar-refractivity contribution >= 4 is 0 Å². The summed E-state index contributed by atoms with van der Waals surface area (Å²) in [5.41, 5.74) is 8.59. The molecular formula is C13H20N2O. The van der Waals surface area contributed by atoms with Crippen LogP contribution in [-0.4, -0.2) is 26.1 Å². The average molecular weight is 220 g/mol. The molecule has 1 saturated carbocycles. The SMILES string of the molecule is COc1ccc(C2(N)CC2)cc1CN(C)C. The van der Waals surface area contributed by atoms with Gasteiger partial charge in [0.2, 0.25) is 0 Å². The van der Waals surface area contributed by atoms with Crippen molar-refractivity contribution in [3.8, 4) is 5.75 Å². The topological polar surface area (TPSA) is 38.5 Å². The standard InChI is InChI=1S/C13H20N2O/c1-15(2)9-10-8-11(13(14)6-7-13)4-5-12(10)16-3/h4-5,8H,6-7,9,14H2,1-3H3. The van der Waals surface area contributed by atoms with Crippen molar-refractivity contribution < 1.29 is 4.74 Å². The molecule has 3 nitrogen and oxygen atoms in total. The summed E-state index contributed by atoms with van der Waals surface area (Å²) in [5, 5.41) is 0. The largest absolute Gasteiger partial charge is 0.496 e. The Morgan fingerprint density at radius 1 is 1.38 bits per heavy atom. The van der Waals surface area contributed by atoms with E-state index >= 15 is 0 Å². The lowest BCUT2D eigenvalue weighted by Gasteiger charge is -2.17. The van der Waals surface area contributed by atoms with Gasteiger partial charge >= 0.3 is 0 Å². The monoisotopic (exact) mass is 220 g/mol. The van der Waals surface area contributed by atoms with E-state index in [9.17, 15) is 0 Å². The van der Waals surface area contributed by atoms with E-state index in [4.69, 9.17) is 10.5 Å². The van der Waals surface area contributed by atoms with E-state index in [2.05, 4.69) is 31.1 Å². The molecule has 0 bridgehead atoms. The molecule has 0 atom stereocenters. The van der Waals surface area contributed by atoms with E-state index in [0.717, 1.165) is 25.1 Å². The lowest BCUT2D eigenvalue weighted by atomic mass is 10.0. The van der Waals surface area contributed by atoms with Gasteiger partial charge < -0.3 is 15.4 Å². The average Bonchev–Trinajstić information content (AvgIpc) is 2.97. The summed E-state index contributed by atoms with van der Waals surface area (Å²) in [6.45, 7) is 0.882. The van der Waals surface area contributed by atoms with E-state index in [0.29, 0.717) is 0 Å². The third-order valence-electron chi connectivity index (χ3n) is 3.13. The molecule has 0 saturated heterocycles. The second-order valence-corrected chi connectivity index (χ2v) is 4.92. The Labute approximate surface area is 97.2 Å². The predicted molar refractivity (Wildman–Crippen MR) is 65.5 cm³/mol. The number of hydrogen-bond acceptors (Lipinski definition) is 3. The minimum atomic E-state index is -0.0622. The number of methoxy groups -OCH3 is 1. The number of hydrogen-bond donors (Lipinski definition) is 1. The Balaban J connectivity index is 2.31. The Kier molecular flexibility index (Phi) is 2.91. The summed E-state index contributed by atoms with van der Waals surface area (Å²) in [4.78, 5) is 2.14. The van der Waals surface area contributed by atoms with Crippen LogP contribution in [0.25, 0.3) is 0 Å². The Hall–Kier alpha value is -1.06. The van der Waals surface area contributed by atoms with E-state index in [1.807, 2.05) is 6.07 Å². The Morgan fingerprint density at radius 3 is 2.56 bits per heavy atom. The molecule has 0 spiro atoms. The Bertz CT molecular complexity index is 384. The van der Waals surface area contributed by atoms with Gasteiger partial charge in [-0.2, -0.15) is 0 Å². The van der Waals surface area contributed by atoms with Crippen molar-refractivity contribution in [3.05, 3.63) is 29.3 Å². The molecule has 2 N–H and O–H groups in total. The number of rotatable bonds is 4. The van der Waals surface area contributed by atoms with Crippen molar-refractivity contribution in [1.82, 2.24) is 4.90 Å². The van der Waals surface area contributed by atoms with Gasteiger partial charge in [0.15, 0.2) is 0 Å². The molecule has 0 unspecified atom stereocenters. The van der Waals surface area contributed by atoms with Gasteiger partial charge in [-0.1, -0.05) is 6.07 Å². The maximum Gasteiger partial charge on any atom is 0.123 e. The normalized spacial score (nSPS) is 17.6. The number of benzene rings is 1. The van der Waals surface area contributed by atoms with Crippen LogP contribution in [0.1, 0.15) is 24.0 Å². The highest BCUT2D eigenvalue weighted by molar-refractivity contribution is 5.41. The Morgan fingerprint density at radius 2 is 2.06 bits per heavy atom. The number of nitrogens with zero attached hydrogens (tertiary/aromatic N) is 1. The lowest BCUT2D eigenvalue weighted by molar-refractivity contribution is 0.371. The highest BCUT2D eigenvalue weighted by atomic mass is 16.5. The van der Waals surface area contributed by atoms with Crippen molar-refractivity contribution in [2.24, 2.45) is 5.73 Å². The summed E-state index contributed by atoms with van der Waals surface area (Å²) in [6.07, 6.45) is 2.20. The first-order valence-electron chi connectivity index (χ1n) is 5.66. The quantitative estimate of drug-likeness (QED) is 0.839. The van der Waals surface area contributed by atoms with Gasteiger partial charge in [0.25, 0.3) is 0 Å². The molecule has 0 radical (unpaired) electrons. The zero-order chi connectivity index (χ0) is 11.8. The summed E-state index contributed by atoms with van der Waals surface area (Å²) in [6, 6.07) is 6.30. The van der Waals surface area contributed by atoms with Crippen LogP contribution >= 0.6 is 0 Å². The minimum Gasteiger partial charge on any atom is -0.496 e. The summed E-state index contributed by atoms with van der Waals surface area (Å²) < 4.78 is 5.37. The van der Waals surface area contributed by atoms with Crippen LogP contribution in [0.3, 0.4) is 0 Å². The molecule has 1 aromatic carbocycles. The maximum atomic E-state index is 6.20. The summed E-state index contributed by atoms with van der Waals surface area (Å²) in [7, 11) is 5.83. The second-order valence-electron chi connectivity index (χ2n) is 4.92. The van der Waals surface area contributed by atoms with E-state index in [-0.39, 0.29) is 5.54 Å². The van der Waals surface area contributed by atoms with Gasteiger partial charge in [0.1, 0.15) is 5.75 Å².